The number of carbonyl (C=O) groups is 1. The number of aliphatic imine (C=N–C) groups is 1. The second-order valence-corrected chi connectivity index (χ2v) is 13.1. The summed E-state index contributed by atoms with van der Waals surface area (Å²) in [7, 11) is -3.62. The van der Waals surface area contributed by atoms with Crippen LogP contribution in [0, 0.1) is 11.3 Å². The zero-order chi connectivity index (χ0) is 27.2. The van der Waals surface area contributed by atoms with Crippen molar-refractivity contribution in [1.82, 2.24) is 9.71 Å². The first-order valence-corrected chi connectivity index (χ1v) is 15.5. The Labute approximate surface area is 225 Å². The van der Waals surface area contributed by atoms with Gasteiger partial charge in [-0.3, -0.25) is 19.9 Å². The Bertz CT molecular complexity index is 1180. The molecule has 1 aromatic heterocycles. The lowest BCUT2D eigenvalue weighted by molar-refractivity contribution is -0.121. The zero-order valence-corrected chi connectivity index (χ0v) is 24.2. The van der Waals surface area contributed by atoms with E-state index in [1.54, 1.807) is 6.08 Å². The maximum Gasteiger partial charge on any atom is 0.261 e. The van der Waals surface area contributed by atoms with E-state index < -0.39 is 26.7 Å². The highest BCUT2D eigenvalue weighted by atomic mass is 32.2. The highest BCUT2D eigenvalue weighted by molar-refractivity contribution is 7.91. The molecular weight excluding hydrogens is 508 g/mol. The minimum Gasteiger partial charge on any atom is -0.498 e. The number of allylic oxidation sites excluding steroid dienone is 3. The van der Waals surface area contributed by atoms with Gasteiger partial charge in [-0.05, 0) is 58.3 Å². The molecule has 1 aromatic rings. The van der Waals surface area contributed by atoms with Gasteiger partial charge in [-0.25, -0.2) is 13.4 Å². The minimum atomic E-state index is -3.62. The van der Waals surface area contributed by atoms with Crippen molar-refractivity contribution in [1.29, 1.82) is 5.41 Å². The molecule has 10 heteroatoms. The van der Waals surface area contributed by atoms with Crippen LogP contribution in [-0.4, -0.2) is 48.1 Å². The fraction of sp³-hybridized carbons (Fsp3) is 0.630. The van der Waals surface area contributed by atoms with Gasteiger partial charge in [0, 0.05) is 23.1 Å². The molecule has 2 aliphatic carbocycles. The number of amides is 1. The van der Waals surface area contributed by atoms with Gasteiger partial charge in [0.25, 0.3) is 5.91 Å². The first-order valence-electron chi connectivity index (χ1n) is 13.1. The van der Waals surface area contributed by atoms with Crippen LogP contribution < -0.4 is 4.72 Å². The van der Waals surface area contributed by atoms with Crippen molar-refractivity contribution in [3.63, 3.8) is 0 Å². The number of nitrogens with zero attached hydrogens (tertiary/aromatic N) is 2. The molecule has 0 spiro atoms. The molecule has 1 amide bonds. The van der Waals surface area contributed by atoms with E-state index in [0.717, 1.165) is 24.2 Å². The van der Waals surface area contributed by atoms with Crippen LogP contribution in [0.3, 0.4) is 0 Å². The van der Waals surface area contributed by atoms with E-state index in [1.165, 1.54) is 11.3 Å². The summed E-state index contributed by atoms with van der Waals surface area (Å²) in [5.41, 5.74) is 1.08. The summed E-state index contributed by atoms with van der Waals surface area (Å²) in [5.74, 6) is 0.375. The second-order valence-electron chi connectivity index (χ2n) is 10.3. The van der Waals surface area contributed by atoms with Crippen molar-refractivity contribution in [3.05, 3.63) is 40.1 Å². The Morgan fingerprint density at radius 3 is 2.73 bits per heavy atom. The van der Waals surface area contributed by atoms with Crippen LogP contribution >= 0.6 is 11.3 Å². The third kappa shape index (κ3) is 8.07. The molecule has 204 valence electrons. The highest BCUT2D eigenvalue weighted by Gasteiger charge is 2.60. The molecular formula is C27H40N4O4S2. The maximum absolute atomic E-state index is 13.0. The van der Waals surface area contributed by atoms with Gasteiger partial charge in [0.05, 0.1) is 29.0 Å². The molecule has 0 bridgehead atoms. The van der Waals surface area contributed by atoms with Crippen molar-refractivity contribution in [2.45, 2.75) is 96.3 Å². The lowest BCUT2D eigenvalue weighted by atomic mass is 10.1. The Hall–Kier alpha value is -2.33. The van der Waals surface area contributed by atoms with Crippen LogP contribution in [0.2, 0.25) is 0 Å². The number of carbonyl (C=O) groups excluding carboxylic acids is 1. The van der Waals surface area contributed by atoms with E-state index in [2.05, 4.69) is 36.6 Å². The molecule has 0 radical (unpaired) electrons. The quantitative estimate of drug-likeness (QED) is 0.129. The Morgan fingerprint density at radius 1 is 1.38 bits per heavy atom. The number of ether oxygens (including phenoxy) is 1. The maximum atomic E-state index is 13.0. The van der Waals surface area contributed by atoms with Crippen LogP contribution in [0.5, 0.6) is 0 Å². The number of thiazole rings is 1. The van der Waals surface area contributed by atoms with Crippen LogP contribution in [0.15, 0.2) is 34.4 Å². The molecule has 2 fully saturated rings. The SMILES string of the molecule is CCCC=CC1CC1(N=C(C)CCCOC(C)=CC(=N)c1nc(C(C)C)cs1)C(=O)NS(=O)(=O)C1CC1. The summed E-state index contributed by atoms with van der Waals surface area (Å²) in [4.78, 5) is 22.3. The van der Waals surface area contributed by atoms with E-state index in [4.69, 9.17) is 15.1 Å². The number of aromatic nitrogens is 1. The molecule has 3 rings (SSSR count). The van der Waals surface area contributed by atoms with E-state index >= 15 is 0 Å². The van der Waals surface area contributed by atoms with Gasteiger partial charge in [0.1, 0.15) is 10.5 Å². The normalized spacial score (nSPS) is 22.5. The van der Waals surface area contributed by atoms with Crippen LogP contribution in [0.1, 0.15) is 96.2 Å². The number of hydrogen-bond acceptors (Lipinski definition) is 8. The number of unbranched alkanes of at least 4 members (excludes halogenated alkanes) is 1. The molecule has 2 N–H and O–H groups in total. The molecule has 2 unspecified atom stereocenters. The fourth-order valence-electron chi connectivity index (χ4n) is 3.99. The summed E-state index contributed by atoms with van der Waals surface area (Å²) >= 11 is 1.46. The molecule has 1 heterocycles. The molecule has 37 heavy (non-hydrogen) atoms. The fourth-order valence-corrected chi connectivity index (χ4v) is 6.25. The predicted octanol–water partition coefficient (Wildman–Crippen LogP) is 5.52. The van der Waals surface area contributed by atoms with Crippen molar-refractivity contribution in [2.75, 3.05) is 6.61 Å². The Kier molecular flexibility index (Phi) is 9.86. The zero-order valence-electron chi connectivity index (χ0n) is 22.5. The van der Waals surface area contributed by atoms with Crippen molar-refractivity contribution in [3.8, 4) is 0 Å². The van der Waals surface area contributed by atoms with E-state index in [1.807, 2.05) is 25.3 Å². The highest BCUT2D eigenvalue weighted by Crippen LogP contribution is 2.49. The summed E-state index contributed by atoms with van der Waals surface area (Å²) in [6, 6.07) is 0. The van der Waals surface area contributed by atoms with Crippen LogP contribution in [-0.2, 0) is 19.6 Å². The van der Waals surface area contributed by atoms with Gasteiger partial charge in [0.15, 0.2) is 0 Å². The van der Waals surface area contributed by atoms with E-state index in [9.17, 15) is 13.2 Å². The lowest BCUT2D eigenvalue weighted by Crippen LogP contribution is -2.42. The van der Waals surface area contributed by atoms with Gasteiger partial charge in [-0.2, -0.15) is 0 Å². The summed E-state index contributed by atoms with van der Waals surface area (Å²) < 4.78 is 32.8. The number of rotatable bonds is 15. The smallest absolute Gasteiger partial charge is 0.261 e. The molecule has 2 atom stereocenters. The summed E-state index contributed by atoms with van der Waals surface area (Å²) in [6.07, 6.45) is 10.7. The van der Waals surface area contributed by atoms with Gasteiger partial charge in [-0.15, -0.1) is 11.3 Å². The van der Waals surface area contributed by atoms with Gasteiger partial charge < -0.3 is 4.74 Å². The first kappa shape index (κ1) is 29.2. The molecule has 0 aromatic carbocycles. The Morgan fingerprint density at radius 2 is 2.11 bits per heavy atom. The van der Waals surface area contributed by atoms with Gasteiger partial charge in [-0.1, -0.05) is 39.3 Å². The second kappa shape index (κ2) is 12.5. The van der Waals surface area contributed by atoms with Gasteiger partial charge >= 0.3 is 0 Å². The molecule has 2 aliphatic rings. The van der Waals surface area contributed by atoms with Crippen molar-refractivity contribution in [2.24, 2.45) is 10.9 Å². The monoisotopic (exact) mass is 548 g/mol. The van der Waals surface area contributed by atoms with E-state index in [-0.39, 0.29) is 5.92 Å². The number of hydrogen-bond donors (Lipinski definition) is 2. The molecule has 2 saturated carbocycles. The number of sulfonamides is 1. The van der Waals surface area contributed by atoms with Crippen molar-refractivity contribution < 1.29 is 17.9 Å². The molecule has 0 saturated heterocycles. The standard InChI is InChI=1S/C27H40N4O4S2/c1-6-7-8-11-21-16-27(21,26(32)31-37(33,34)22-12-13-22)30-19(4)10-9-14-35-20(5)15-23(28)25-29-24(17-36-25)18(2)3/h8,11,15,17-18,21-22,28H,6-7,9-10,12-14,16H2,1-5H3,(H,31,32). The Balaban J connectivity index is 1.54. The topological polar surface area (TPSA) is 122 Å². The predicted molar refractivity (Wildman–Crippen MR) is 150 cm³/mol. The van der Waals surface area contributed by atoms with Gasteiger partial charge in [0.2, 0.25) is 10.0 Å². The average molecular weight is 549 g/mol. The van der Waals surface area contributed by atoms with Crippen LogP contribution in [0.25, 0.3) is 0 Å². The first-order chi connectivity index (χ1) is 17.5. The van der Waals surface area contributed by atoms with Crippen molar-refractivity contribution >= 4 is 38.7 Å². The largest absolute Gasteiger partial charge is 0.498 e. The summed E-state index contributed by atoms with van der Waals surface area (Å²) in [6.45, 7) is 10.4. The molecule has 0 aliphatic heterocycles. The minimum absolute atomic E-state index is 0.0853. The van der Waals surface area contributed by atoms with Crippen LogP contribution in [0.4, 0.5) is 0 Å². The average Bonchev–Trinajstić information content (AvgIpc) is 3.74. The van der Waals surface area contributed by atoms with E-state index in [0.29, 0.717) is 61.1 Å². The third-order valence-corrected chi connectivity index (χ3v) is 9.21. The molecule has 8 nitrogen and oxygen atoms in total. The lowest BCUT2D eigenvalue weighted by Gasteiger charge is -2.14. The third-order valence-electron chi connectivity index (χ3n) is 6.49. The summed E-state index contributed by atoms with van der Waals surface area (Å²) in [5, 5.41) is 10.5. The number of nitrogens with one attached hydrogen (secondary N) is 2.